The monoisotopic (exact) mass is 365 g/mol. The lowest BCUT2D eigenvalue weighted by Crippen LogP contribution is -2.52. The van der Waals surface area contributed by atoms with Crippen LogP contribution in [0.5, 0.6) is 0 Å². The van der Waals surface area contributed by atoms with Crippen molar-refractivity contribution in [3.8, 4) is 0 Å². The van der Waals surface area contributed by atoms with Gasteiger partial charge in [-0.15, -0.1) is 0 Å². The average Bonchev–Trinajstić information content (AvgIpc) is 2.98. The molecule has 2 aromatic rings. The first-order chi connectivity index (χ1) is 13.1. The van der Waals surface area contributed by atoms with Gasteiger partial charge in [-0.25, -0.2) is 5.06 Å². The molecule has 0 radical (unpaired) electrons. The predicted molar refractivity (Wildman–Crippen MR) is 104 cm³/mol. The molecule has 2 aliphatic rings. The summed E-state index contributed by atoms with van der Waals surface area (Å²) >= 11 is 0. The molecule has 2 aliphatic heterocycles. The number of piperidine rings is 1. The van der Waals surface area contributed by atoms with Crippen molar-refractivity contribution in [3.05, 3.63) is 65.5 Å². The maximum atomic E-state index is 12.5. The minimum Gasteiger partial charge on any atom is -0.297 e. The molecular formula is C22H27N3O2. The van der Waals surface area contributed by atoms with Crippen molar-refractivity contribution in [1.29, 1.82) is 0 Å². The number of hydroxylamine groups is 2. The Balaban J connectivity index is 1.37. The Bertz CT molecular complexity index is 785. The zero-order chi connectivity index (χ0) is 18.7. The zero-order valence-electron chi connectivity index (χ0n) is 15.9. The maximum absolute atomic E-state index is 12.5. The van der Waals surface area contributed by atoms with Crippen LogP contribution < -0.4 is 0 Å². The molecule has 1 amide bonds. The molecular weight excluding hydrogens is 338 g/mol. The van der Waals surface area contributed by atoms with Crippen molar-refractivity contribution in [2.24, 2.45) is 0 Å². The van der Waals surface area contributed by atoms with Crippen molar-refractivity contribution >= 4 is 5.91 Å². The molecule has 1 aromatic heterocycles. The van der Waals surface area contributed by atoms with Crippen LogP contribution in [0.15, 0.2) is 48.5 Å². The Morgan fingerprint density at radius 2 is 1.81 bits per heavy atom. The van der Waals surface area contributed by atoms with Gasteiger partial charge in [0.05, 0.1) is 11.2 Å². The predicted octanol–water partition coefficient (Wildman–Crippen LogP) is 3.48. The minimum atomic E-state index is -0.137. The highest BCUT2D eigenvalue weighted by molar-refractivity contribution is 5.78. The van der Waals surface area contributed by atoms with E-state index in [-0.39, 0.29) is 11.4 Å². The summed E-state index contributed by atoms with van der Waals surface area (Å²) in [6.07, 6.45) is 3.41. The molecule has 1 aromatic carbocycles. The first-order valence-electron chi connectivity index (χ1n) is 9.79. The smallest absolute Gasteiger partial charge is 0.246 e. The Morgan fingerprint density at radius 3 is 2.56 bits per heavy atom. The standard InChI is InChI=1S/C22H27N3O2/c1-18-6-5-9-20(23-18)16-24-14-12-22(13-15-24)11-10-21(26)25(22)27-17-19-7-3-2-4-8-19/h2-9H,10-17H2,1H3. The Hall–Kier alpha value is -2.24. The quantitative estimate of drug-likeness (QED) is 0.814. The fourth-order valence-electron chi connectivity index (χ4n) is 4.23. The van der Waals surface area contributed by atoms with Crippen LogP contribution in [-0.2, 0) is 22.8 Å². The van der Waals surface area contributed by atoms with E-state index in [0.29, 0.717) is 13.0 Å². The van der Waals surface area contributed by atoms with Crippen molar-refractivity contribution in [1.82, 2.24) is 14.9 Å². The van der Waals surface area contributed by atoms with E-state index < -0.39 is 0 Å². The van der Waals surface area contributed by atoms with E-state index in [4.69, 9.17) is 4.84 Å². The summed E-state index contributed by atoms with van der Waals surface area (Å²) in [6.45, 7) is 5.28. The van der Waals surface area contributed by atoms with Gasteiger partial charge in [-0.2, -0.15) is 0 Å². The van der Waals surface area contributed by atoms with E-state index >= 15 is 0 Å². The number of rotatable bonds is 5. The highest BCUT2D eigenvalue weighted by Gasteiger charge is 2.48. The van der Waals surface area contributed by atoms with Gasteiger partial charge in [-0.1, -0.05) is 36.4 Å². The number of likely N-dealkylation sites (tertiary alicyclic amines) is 1. The summed E-state index contributed by atoms with van der Waals surface area (Å²) in [4.78, 5) is 25.5. The van der Waals surface area contributed by atoms with Gasteiger partial charge in [0.1, 0.15) is 6.61 Å². The molecule has 5 nitrogen and oxygen atoms in total. The van der Waals surface area contributed by atoms with Crippen LogP contribution in [0.25, 0.3) is 0 Å². The van der Waals surface area contributed by atoms with Crippen molar-refractivity contribution < 1.29 is 9.63 Å². The van der Waals surface area contributed by atoms with Gasteiger partial charge in [-0.3, -0.25) is 19.5 Å². The molecule has 2 fully saturated rings. The fraction of sp³-hybridized carbons (Fsp3) is 0.455. The second kappa shape index (κ2) is 7.79. The third-order valence-corrected chi connectivity index (χ3v) is 5.78. The van der Waals surface area contributed by atoms with E-state index in [0.717, 1.165) is 55.8 Å². The maximum Gasteiger partial charge on any atom is 0.246 e. The summed E-state index contributed by atoms with van der Waals surface area (Å²) in [5, 5.41) is 1.71. The molecule has 3 heterocycles. The Labute approximate surface area is 160 Å². The van der Waals surface area contributed by atoms with E-state index in [9.17, 15) is 4.79 Å². The number of carbonyl (C=O) groups excluding carboxylic acids is 1. The van der Waals surface area contributed by atoms with Crippen molar-refractivity contribution in [3.63, 3.8) is 0 Å². The van der Waals surface area contributed by atoms with Crippen LogP contribution in [-0.4, -0.2) is 39.5 Å². The second-order valence-corrected chi connectivity index (χ2v) is 7.72. The number of benzene rings is 1. The van der Waals surface area contributed by atoms with Gasteiger partial charge in [-0.05, 0) is 43.9 Å². The molecule has 4 rings (SSSR count). The first-order valence-corrected chi connectivity index (χ1v) is 9.79. The number of amides is 1. The minimum absolute atomic E-state index is 0.125. The molecule has 2 saturated heterocycles. The largest absolute Gasteiger partial charge is 0.297 e. The second-order valence-electron chi connectivity index (χ2n) is 7.72. The number of hydrogen-bond donors (Lipinski definition) is 0. The lowest BCUT2D eigenvalue weighted by atomic mass is 9.86. The molecule has 1 spiro atoms. The highest BCUT2D eigenvalue weighted by Crippen LogP contribution is 2.39. The van der Waals surface area contributed by atoms with Crippen LogP contribution >= 0.6 is 0 Å². The number of nitrogens with zero attached hydrogens (tertiary/aromatic N) is 3. The number of hydrogen-bond acceptors (Lipinski definition) is 4. The van der Waals surface area contributed by atoms with Crippen LogP contribution in [0.2, 0.25) is 0 Å². The van der Waals surface area contributed by atoms with Gasteiger partial charge in [0, 0.05) is 31.7 Å². The molecule has 0 atom stereocenters. The molecule has 0 unspecified atom stereocenters. The first kappa shape index (κ1) is 18.1. The summed E-state index contributed by atoms with van der Waals surface area (Å²) in [5.41, 5.74) is 3.13. The molecule has 0 N–H and O–H groups in total. The number of aryl methyl sites for hydroxylation is 1. The van der Waals surface area contributed by atoms with Gasteiger partial charge in [0.25, 0.3) is 0 Å². The zero-order valence-corrected chi connectivity index (χ0v) is 15.9. The lowest BCUT2D eigenvalue weighted by molar-refractivity contribution is -0.222. The van der Waals surface area contributed by atoms with Crippen molar-refractivity contribution in [2.45, 2.75) is 51.3 Å². The molecule has 0 bridgehead atoms. The summed E-state index contributed by atoms with van der Waals surface area (Å²) in [7, 11) is 0. The van der Waals surface area contributed by atoms with E-state index in [2.05, 4.69) is 22.0 Å². The molecule has 0 aliphatic carbocycles. The SMILES string of the molecule is Cc1cccc(CN2CCC3(CCC(=O)N3OCc3ccccc3)CC2)n1. The molecule has 5 heteroatoms. The Kier molecular flexibility index (Phi) is 5.23. The fourth-order valence-corrected chi connectivity index (χ4v) is 4.23. The van der Waals surface area contributed by atoms with E-state index in [1.54, 1.807) is 5.06 Å². The van der Waals surface area contributed by atoms with Gasteiger partial charge >= 0.3 is 0 Å². The Morgan fingerprint density at radius 1 is 1.04 bits per heavy atom. The topological polar surface area (TPSA) is 45.7 Å². The van der Waals surface area contributed by atoms with E-state index in [1.165, 1.54) is 0 Å². The number of pyridine rings is 1. The summed E-state index contributed by atoms with van der Waals surface area (Å²) in [5.74, 6) is 0.125. The highest BCUT2D eigenvalue weighted by atomic mass is 16.7. The molecule has 0 saturated carbocycles. The third-order valence-electron chi connectivity index (χ3n) is 5.78. The van der Waals surface area contributed by atoms with Crippen LogP contribution in [0.1, 0.15) is 42.6 Å². The van der Waals surface area contributed by atoms with Crippen LogP contribution in [0.3, 0.4) is 0 Å². The van der Waals surface area contributed by atoms with Gasteiger partial charge in [0.2, 0.25) is 5.91 Å². The average molecular weight is 365 g/mol. The van der Waals surface area contributed by atoms with E-state index in [1.807, 2.05) is 43.3 Å². The van der Waals surface area contributed by atoms with Crippen LogP contribution in [0, 0.1) is 6.92 Å². The van der Waals surface area contributed by atoms with Crippen molar-refractivity contribution in [2.75, 3.05) is 13.1 Å². The number of aromatic nitrogens is 1. The lowest BCUT2D eigenvalue weighted by Gasteiger charge is -2.43. The van der Waals surface area contributed by atoms with Crippen LogP contribution in [0.4, 0.5) is 0 Å². The molecule has 27 heavy (non-hydrogen) atoms. The summed E-state index contributed by atoms with van der Waals surface area (Å²) < 4.78 is 0. The normalized spacial score (nSPS) is 19.7. The van der Waals surface area contributed by atoms with Gasteiger partial charge in [0.15, 0.2) is 0 Å². The van der Waals surface area contributed by atoms with Gasteiger partial charge < -0.3 is 0 Å². The number of carbonyl (C=O) groups is 1. The summed E-state index contributed by atoms with van der Waals surface area (Å²) in [6, 6.07) is 16.2. The third kappa shape index (κ3) is 4.04. The molecule has 142 valence electrons.